The standard InChI is InChI=1S/C26H26O/c1-2-3-19-6-11-22(12-7-19)25-17-23-13-8-21(16-24(23)18-25)5-4-20-9-14-26(27)15-10-20/h6-16,18,27H,2-5,17H2,1H3. The monoisotopic (exact) mass is 354 g/mol. The fourth-order valence-corrected chi connectivity index (χ4v) is 3.85. The Morgan fingerprint density at radius 1 is 0.741 bits per heavy atom. The third-order valence-electron chi connectivity index (χ3n) is 5.42. The Labute approximate surface area is 162 Å². The number of aryl methyl sites for hydroxylation is 3. The smallest absolute Gasteiger partial charge is 0.115 e. The molecule has 4 rings (SSSR count). The second kappa shape index (κ2) is 7.84. The predicted molar refractivity (Wildman–Crippen MR) is 114 cm³/mol. The Bertz CT molecular complexity index is 947. The summed E-state index contributed by atoms with van der Waals surface area (Å²) < 4.78 is 0. The van der Waals surface area contributed by atoms with E-state index in [0.717, 1.165) is 25.7 Å². The van der Waals surface area contributed by atoms with Gasteiger partial charge in [-0.3, -0.25) is 0 Å². The number of hydrogen-bond donors (Lipinski definition) is 1. The van der Waals surface area contributed by atoms with Gasteiger partial charge in [-0.05, 0) is 76.8 Å². The van der Waals surface area contributed by atoms with Crippen LogP contribution in [0.4, 0.5) is 0 Å². The van der Waals surface area contributed by atoms with E-state index in [1.54, 1.807) is 12.1 Å². The van der Waals surface area contributed by atoms with Crippen LogP contribution in [0.3, 0.4) is 0 Å². The largest absolute Gasteiger partial charge is 0.508 e. The molecule has 0 radical (unpaired) electrons. The number of rotatable bonds is 6. The van der Waals surface area contributed by atoms with Crippen molar-refractivity contribution in [2.75, 3.05) is 0 Å². The van der Waals surface area contributed by atoms with Crippen molar-refractivity contribution in [3.8, 4) is 5.75 Å². The van der Waals surface area contributed by atoms with Gasteiger partial charge in [0.2, 0.25) is 0 Å². The zero-order chi connectivity index (χ0) is 18.6. The van der Waals surface area contributed by atoms with Crippen LogP contribution in [0.15, 0.2) is 66.7 Å². The van der Waals surface area contributed by atoms with Crippen molar-refractivity contribution in [2.45, 2.75) is 39.0 Å². The summed E-state index contributed by atoms with van der Waals surface area (Å²) in [5.74, 6) is 0.330. The van der Waals surface area contributed by atoms with Gasteiger partial charge in [0.15, 0.2) is 0 Å². The van der Waals surface area contributed by atoms with Crippen molar-refractivity contribution in [1.29, 1.82) is 0 Å². The first kappa shape index (κ1) is 17.6. The molecule has 0 spiro atoms. The lowest BCUT2D eigenvalue weighted by molar-refractivity contribution is 0.475. The molecule has 1 nitrogen and oxygen atoms in total. The van der Waals surface area contributed by atoms with E-state index < -0.39 is 0 Å². The Morgan fingerprint density at radius 3 is 2.11 bits per heavy atom. The lowest BCUT2D eigenvalue weighted by Crippen LogP contribution is -1.93. The molecule has 0 amide bonds. The molecule has 0 saturated carbocycles. The van der Waals surface area contributed by atoms with Crippen LogP contribution in [0.25, 0.3) is 11.6 Å². The summed E-state index contributed by atoms with van der Waals surface area (Å²) in [4.78, 5) is 0. The summed E-state index contributed by atoms with van der Waals surface area (Å²) >= 11 is 0. The van der Waals surface area contributed by atoms with E-state index in [0.29, 0.717) is 5.75 Å². The highest BCUT2D eigenvalue weighted by atomic mass is 16.3. The van der Waals surface area contributed by atoms with Crippen LogP contribution in [0.1, 0.15) is 46.7 Å². The van der Waals surface area contributed by atoms with Gasteiger partial charge < -0.3 is 5.11 Å². The van der Waals surface area contributed by atoms with Crippen molar-refractivity contribution < 1.29 is 5.11 Å². The van der Waals surface area contributed by atoms with Gasteiger partial charge in [-0.25, -0.2) is 0 Å². The van der Waals surface area contributed by atoms with Gasteiger partial charge in [0.1, 0.15) is 5.75 Å². The molecule has 0 aromatic heterocycles. The van der Waals surface area contributed by atoms with E-state index in [2.05, 4.69) is 55.5 Å². The molecule has 27 heavy (non-hydrogen) atoms. The first-order valence-electron chi connectivity index (χ1n) is 9.91. The number of phenols is 1. The molecule has 0 heterocycles. The Balaban J connectivity index is 1.46. The molecule has 0 bridgehead atoms. The zero-order valence-corrected chi connectivity index (χ0v) is 15.9. The lowest BCUT2D eigenvalue weighted by Gasteiger charge is -2.06. The summed E-state index contributed by atoms with van der Waals surface area (Å²) in [5.41, 5.74) is 9.62. The Hall–Kier alpha value is -2.80. The van der Waals surface area contributed by atoms with Crippen LogP contribution in [0.5, 0.6) is 5.75 Å². The molecule has 1 heteroatoms. The van der Waals surface area contributed by atoms with Crippen LogP contribution >= 0.6 is 0 Å². The van der Waals surface area contributed by atoms with Gasteiger partial charge >= 0.3 is 0 Å². The molecule has 0 unspecified atom stereocenters. The number of benzene rings is 3. The molecule has 136 valence electrons. The maximum Gasteiger partial charge on any atom is 0.115 e. The average molecular weight is 354 g/mol. The van der Waals surface area contributed by atoms with Crippen molar-refractivity contribution in [1.82, 2.24) is 0 Å². The van der Waals surface area contributed by atoms with Gasteiger partial charge in [-0.2, -0.15) is 0 Å². The fourth-order valence-electron chi connectivity index (χ4n) is 3.85. The lowest BCUT2D eigenvalue weighted by atomic mass is 9.99. The summed E-state index contributed by atoms with van der Waals surface area (Å²) in [6, 6.07) is 23.5. The summed E-state index contributed by atoms with van der Waals surface area (Å²) in [7, 11) is 0. The van der Waals surface area contributed by atoms with Gasteiger partial charge in [-0.1, -0.05) is 74.0 Å². The van der Waals surface area contributed by atoms with Crippen LogP contribution < -0.4 is 0 Å². The van der Waals surface area contributed by atoms with E-state index in [1.807, 2.05) is 12.1 Å². The highest BCUT2D eigenvalue weighted by molar-refractivity contribution is 5.88. The quantitative estimate of drug-likeness (QED) is 0.556. The van der Waals surface area contributed by atoms with E-state index in [1.165, 1.54) is 45.4 Å². The maximum absolute atomic E-state index is 9.40. The van der Waals surface area contributed by atoms with Crippen molar-refractivity contribution in [3.05, 3.63) is 100 Å². The minimum absolute atomic E-state index is 0.330. The number of fused-ring (bicyclic) bond motifs is 1. The molecular formula is C26H26O. The first-order valence-corrected chi connectivity index (χ1v) is 9.91. The molecule has 1 aliphatic rings. The second-order valence-corrected chi connectivity index (χ2v) is 7.49. The number of aromatic hydroxyl groups is 1. The zero-order valence-electron chi connectivity index (χ0n) is 15.9. The average Bonchev–Trinajstić information content (AvgIpc) is 3.12. The van der Waals surface area contributed by atoms with Gasteiger partial charge in [0, 0.05) is 0 Å². The van der Waals surface area contributed by atoms with Crippen molar-refractivity contribution in [3.63, 3.8) is 0 Å². The summed E-state index contributed by atoms with van der Waals surface area (Å²) in [5, 5.41) is 9.40. The fraction of sp³-hybridized carbons (Fsp3) is 0.231. The van der Waals surface area contributed by atoms with Crippen LogP contribution in [0.2, 0.25) is 0 Å². The Morgan fingerprint density at radius 2 is 1.37 bits per heavy atom. The first-order chi connectivity index (χ1) is 13.2. The molecule has 0 atom stereocenters. The van der Waals surface area contributed by atoms with E-state index in [-0.39, 0.29) is 0 Å². The van der Waals surface area contributed by atoms with Crippen molar-refractivity contribution in [2.24, 2.45) is 0 Å². The van der Waals surface area contributed by atoms with Gasteiger partial charge in [0.25, 0.3) is 0 Å². The number of hydrogen-bond acceptors (Lipinski definition) is 1. The van der Waals surface area contributed by atoms with E-state index in [4.69, 9.17) is 0 Å². The molecule has 3 aromatic carbocycles. The maximum atomic E-state index is 9.40. The van der Waals surface area contributed by atoms with Crippen LogP contribution in [-0.4, -0.2) is 5.11 Å². The third-order valence-corrected chi connectivity index (χ3v) is 5.42. The topological polar surface area (TPSA) is 20.2 Å². The normalized spacial score (nSPS) is 12.7. The molecule has 1 aliphatic carbocycles. The molecule has 0 fully saturated rings. The summed E-state index contributed by atoms with van der Waals surface area (Å²) in [6.45, 7) is 2.23. The van der Waals surface area contributed by atoms with Gasteiger partial charge in [0.05, 0.1) is 0 Å². The number of allylic oxidation sites excluding steroid dienone is 1. The SMILES string of the molecule is CCCc1ccc(C2=Cc3cc(CCc4ccc(O)cc4)ccc3C2)cc1. The van der Waals surface area contributed by atoms with Crippen LogP contribution in [0, 0.1) is 0 Å². The molecular weight excluding hydrogens is 328 g/mol. The van der Waals surface area contributed by atoms with Crippen LogP contribution in [-0.2, 0) is 25.7 Å². The highest BCUT2D eigenvalue weighted by Crippen LogP contribution is 2.32. The molecule has 0 saturated heterocycles. The predicted octanol–water partition coefficient (Wildman–Crippen LogP) is 6.23. The van der Waals surface area contributed by atoms with E-state index >= 15 is 0 Å². The molecule has 0 aliphatic heterocycles. The van der Waals surface area contributed by atoms with E-state index in [9.17, 15) is 5.11 Å². The van der Waals surface area contributed by atoms with Crippen molar-refractivity contribution >= 4 is 11.6 Å². The molecule has 3 aromatic rings. The highest BCUT2D eigenvalue weighted by Gasteiger charge is 2.14. The third kappa shape index (κ3) is 4.14. The Kier molecular flexibility index (Phi) is 5.11. The summed E-state index contributed by atoms with van der Waals surface area (Å²) in [6.07, 6.45) is 7.75. The number of phenolic OH excluding ortho intramolecular Hbond substituents is 1. The minimum Gasteiger partial charge on any atom is -0.508 e. The molecule has 1 N–H and O–H groups in total. The second-order valence-electron chi connectivity index (χ2n) is 7.49. The minimum atomic E-state index is 0.330. The van der Waals surface area contributed by atoms with Gasteiger partial charge in [-0.15, -0.1) is 0 Å².